The quantitative estimate of drug-likeness (QED) is 0.335. The van der Waals surface area contributed by atoms with Crippen LogP contribution in [0.1, 0.15) is 23.5 Å². The highest BCUT2D eigenvalue weighted by molar-refractivity contribution is 7.89. The van der Waals surface area contributed by atoms with Crippen molar-refractivity contribution in [2.45, 2.75) is 23.3 Å². The smallest absolute Gasteiger partial charge is 0.243 e. The Morgan fingerprint density at radius 1 is 0.892 bits per heavy atom. The van der Waals surface area contributed by atoms with Crippen LogP contribution in [0.2, 0.25) is 0 Å². The number of pyridine rings is 1. The van der Waals surface area contributed by atoms with Crippen molar-refractivity contribution in [3.8, 4) is 0 Å². The summed E-state index contributed by atoms with van der Waals surface area (Å²) >= 11 is 0. The van der Waals surface area contributed by atoms with E-state index in [2.05, 4.69) is 44.6 Å². The van der Waals surface area contributed by atoms with Gasteiger partial charge in [0.15, 0.2) is 0 Å². The summed E-state index contributed by atoms with van der Waals surface area (Å²) in [6.45, 7) is 1.42. The first-order valence-corrected chi connectivity index (χ1v) is 13.9. The van der Waals surface area contributed by atoms with Gasteiger partial charge in [-0.3, -0.25) is 9.78 Å². The van der Waals surface area contributed by atoms with Crippen LogP contribution in [0.5, 0.6) is 0 Å². The van der Waals surface area contributed by atoms with E-state index in [4.69, 9.17) is 0 Å². The predicted molar refractivity (Wildman–Crippen MR) is 145 cm³/mol. The summed E-state index contributed by atoms with van der Waals surface area (Å²) in [7, 11) is -3.82. The van der Waals surface area contributed by atoms with Gasteiger partial charge in [0, 0.05) is 43.2 Å². The third-order valence-electron chi connectivity index (χ3n) is 6.81. The van der Waals surface area contributed by atoms with E-state index in [0.717, 1.165) is 16.5 Å². The van der Waals surface area contributed by atoms with Crippen molar-refractivity contribution in [3.05, 3.63) is 108 Å². The molecule has 1 fully saturated rings. The molecular formula is C29H30N4O3S. The molecule has 0 bridgehead atoms. The van der Waals surface area contributed by atoms with E-state index in [1.807, 2.05) is 48.5 Å². The molecule has 8 heteroatoms. The fraction of sp³-hybridized carbons (Fsp3) is 0.241. The second-order valence-corrected chi connectivity index (χ2v) is 11.0. The van der Waals surface area contributed by atoms with Crippen molar-refractivity contribution in [1.29, 1.82) is 0 Å². The molecule has 4 aromatic rings. The van der Waals surface area contributed by atoms with Gasteiger partial charge in [-0.25, -0.2) is 13.1 Å². The van der Waals surface area contributed by atoms with Gasteiger partial charge in [0.05, 0.1) is 11.4 Å². The van der Waals surface area contributed by atoms with E-state index < -0.39 is 16.1 Å². The molecule has 0 unspecified atom stereocenters. The lowest BCUT2D eigenvalue weighted by atomic mass is 9.90. The fourth-order valence-corrected chi connectivity index (χ4v) is 6.38. The molecule has 0 spiro atoms. The van der Waals surface area contributed by atoms with Gasteiger partial charge in [0.1, 0.15) is 4.90 Å². The molecule has 0 saturated carbocycles. The number of benzene rings is 3. The van der Waals surface area contributed by atoms with Crippen LogP contribution < -0.4 is 15.4 Å². The third-order valence-corrected chi connectivity index (χ3v) is 8.36. The highest BCUT2D eigenvalue weighted by Crippen LogP contribution is 2.25. The summed E-state index contributed by atoms with van der Waals surface area (Å²) in [6.07, 6.45) is 2.00. The third kappa shape index (κ3) is 5.88. The minimum atomic E-state index is -3.82. The number of piperidine rings is 1. The lowest BCUT2D eigenvalue weighted by Gasteiger charge is -2.30. The van der Waals surface area contributed by atoms with E-state index in [-0.39, 0.29) is 22.6 Å². The summed E-state index contributed by atoms with van der Waals surface area (Å²) < 4.78 is 29.3. The van der Waals surface area contributed by atoms with E-state index in [1.165, 1.54) is 0 Å². The highest BCUT2D eigenvalue weighted by atomic mass is 32.2. The minimum absolute atomic E-state index is 0.0241. The number of rotatable bonds is 8. The van der Waals surface area contributed by atoms with Crippen molar-refractivity contribution in [2.24, 2.45) is 5.92 Å². The summed E-state index contributed by atoms with van der Waals surface area (Å²) in [5.74, 6) is -0.407. The van der Waals surface area contributed by atoms with Gasteiger partial charge < -0.3 is 10.6 Å². The molecular weight excluding hydrogens is 484 g/mol. The topological polar surface area (TPSA) is 100 Å². The van der Waals surface area contributed by atoms with E-state index >= 15 is 0 Å². The van der Waals surface area contributed by atoms with Crippen molar-refractivity contribution in [2.75, 3.05) is 19.6 Å². The molecule has 0 aliphatic carbocycles. The molecule has 5 rings (SSSR count). The molecule has 3 N–H and O–H groups in total. The van der Waals surface area contributed by atoms with Crippen molar-refractivity contribution < 1.29 is 13.2 Å². The molecule has 2 atom stereocenters. The molecule has 2 heterocycles. The normalized spacial score (nSPS) is 18.1. The standard InChI is InChI=1S/C29H30N4O3S/c34-29(32-20-26(21-9-3-1-4-10-21)22-11-5-2-6-12-22)24-17-25(19-30-18-24)33-37(35,36)27-15-7-13-23-14-8-16-31-28(23)27/h1-16,24-26,30,33H,17-20H2,(H,32,34)/t24-,25-/m0/s1. The largest absolute Gasteiger partial charge is 0.355 e. The molecule has 1 saturated heterocycles. The average Bonchev–Trinajstić information content (AvgIpc) is 2.94. The number of hydrogen-bond acceptors (Lipinski definition) is 5. The molecule has 1 amide bonds. The monoisotopic (exact) mass is 514 g/mol. The zero-order valence-corrected chi connectivity index (χ0v) is 21.2. The van der Waals surface area contributed by atoms with Crippen molar-refractivity contribution >= 4 is 26.8 Å². The molecule has 1 aliphatic heterocycles. The minimum Gasteiger partial charge on any atom is -0.355 e. The second kappa shape index (κ2) is 11.2. The maximum Gasteiger partial charge on any atom is 0.243 e. The number of nitrogens with zero attached hydrogens (tertiary/aromatic N) is 1. The van der Waals surface area contributed by atoms with Gasteiger partial charge in [-0.05, 0) is 29.7 Å². The van der Waals surface area contributed by atoms with Crippen molar-refractivity contribution in [1.82, 2.24) is 20.3 Å². The summed E-state index contributed by atoms with van der Waals surface area (Å²) in [4.78, 5) is 17.6. The van der Waals surface area contributed by atoms with Gasteiger partial charge in [-0.1, -0.05) is 78.9 Å². The summed E-state index contributed by atoms with van der Waals surface area (Å²) in [6, 6.07) is 28.5. The Hall–Kier alpha value is -3.59. The first kappa shape index (κ1) is 25.1. The molecule has 1 aromatic heterocycles. The van der Waals surface area contributed by atoms with Crippen molar-refractivity contribution in [3.63, 3.8) is 0 Å². The zero-order valence-electron chi connectivity index (χ0n) is 20.4. The number of sulfonamides is 1. The number of carbonyl (C=O) groups excluding carboxylic acids is 1. The number of aromatic nitrogens is 1. The van der Waals surface area contributed by atoms with Crippen LogP contribution in [0, 0.1) is 5.92 Å². The van der Waals surface area contributed by atoms with Crippen LogP contribution in [0.15, 0.2) is 102 Å². The first-order chi connectivity index (χ1) is 18.0. The Morgan fingerprint density at radius 2 is 1.57 bits per heavy atom. The molecule has 7 nitrogen and oxygen atoms in total. The Morgan fingerprint density at radius 3 is 2.27 bits per heavy atom. The Balaban J connectivity index is 1.26. The van der Waals surface area contributed by atoms with E-state index in [9.17, 15) is 13.2 Å². The van der Waals surface area contributed by atoms with Gasteiger partial charge in [-0.2, -0.15) is 0 Å². The van der Waals surface area contributed by atoms with Gasteiger partial charge in [-0.15, -0.1) is 0 Å². The van der Waals surface area contributed by atoms with Gasteiger partial charge in [0.2, 0.25) is 15.9 Å². The molecule has 3 aromatic carbocycles. The number of hydrogen-bond donors (Lipinski definition) is 3. The molecule has 37 heavy (non-hydrogen) atoms. The first-order valence-electron chi connectivity index (χ1n) is 12.5. The van der Waals surface area contributed by atoms with Crippen LogP contribution in [0.4, 0.5) is 0 Å². The van der Waals surface area contributed by atoms with Gasteiger partial charge in [0.25, 0.3) is 0 Å². The maximum atomic E-state index is 13.2. The van der Waals surface area contributed by atoms with Crippen LogP contribution in [0.25, 0.3) is 10.9 Å². The zero-order chi connectivity index (χ0) is 25.7. The van der Waals surface area contributed by atoms with Crippen LogP contribution in [-0.4, -0.2) is 45.0 Å². The lowest BCUT2D eigenvalue weighted by molar-refractivity contribution is -0.125. The summed E-state index contributed by atoms with van der Waals surface area (Å²) in [5.41, 5.74) is 2.69. The highest BCUT2D eigenvalue weighted by Gasteiger charge is 2.31. The Bertz CT molecular complexity index is 1420. The predicted octanol–water partition coefficient (Wildman–Crippen LogP) is 3.44. The maximum absolute atomic E-state index is 13.2. The lowest BCUT2D eigenvalue weighted by Crippen LogP contribution is -2.52. The second-order valence-electron chi connectivity index (χ2n) is 9.36. The summed E-state index contributed by atoms with van der Waals surface area (Å²) in [5, 5.41) is 7.11. The number of nitrogens with one attached hydrogen (secondary N) is 3. The molecule has 190 valence electrons. The molecule has 1 aliphatic rings. The number of para-hydroxylation sites is 1. The van der Waals surface area contributed by atoms with Crippen LogP contribution in [-0.2, 0) is 14.8 Å². The fourth-order valence-electron chi connectivity index (χ4n) is 4.95. The van der Waals surface area contributed by atoms with E-state index in [1.54, 1.807) is 24.4 Å². The average molecular weight is 515 g/mol. The molecule has 0 radical (unpaired) electrons. The Labute approximate surface area is 217 Å². The Kier molecular flexibility index (Phi) is 7.60. The van der Waals surface area contributed by atoms with Crippen LogP contribution >= 0.6 is 0 Å². The number of carbonyl (C=O) groups is 1. The SMILES string of the molecule is O=C(NCC(c1ccccc1)c1ccccc1)[C@@H]1CNC[C@@H](NS(=O)(=O)c2cccc3cccnc23)C1. The number of amides is 1. The number of fused-ring (bicyclic) bond motifs is 1. The van der Waals surface area contributed by atoms with Gasteiger partial charge >= 0.3 is 0 Å². The van der Waals surface area contributed by atoms with E-state index in [0.29, 0.717) is 31.6 Å². The van der Waals surface area contributed by atoms with Crippen LogP contribution in [0.3, 0.4) is 0 Å².